The number of pyridine rings is 1. The molecule has 6 heteroatoms. The first kappa shape index (κ1) is 16.1. The smallest absolute Gasteiger partial charge is 0.272 e. The van der Waals surface area contributed by atoms with E-state index in [0.717, 1.165) is 31.5 Å². The standard InChI is InChI=1S/C18H19FN4O/c1-13-9-17(23-7-2-3-8-23)16(19)10-15(13)12-21-22-18(24)14-5-4-6-20-11-14/h4-6,9-12H,2-3,7-8H2,1H3,(H,22,24)/b21-12-. The van der Waals surface area contributed by atoms with Crippen LogP contribution in [-0.4, -0.2) is 30.2 Å². The van der Waals surface area contributed by atoms with Gasteiger partial charge >= 0.3 is 0 Å². The molecule has 0 unspecified atom stereocenters. The molecule has 1 saturated heterocycles. The van der Waals surface area contributed by atoms with Gasteiger partial charge in [-0.3, -0.25) is 9.78 Å². The topological polar surface area (TPSA) is 57.6 Å². The Morgan fingerprint density at radius 3 is 2.88 bits per heavy atom. The molecule has 1 aliphatic rings. The molecule has 0 saturated carbocycles. The zero-order valence-corrected chi connectivity index (χ0v) is 13.5. The van der Waals surface area contributed by atoms with E-state index in [1.165, 1.54) is 18.5 Å². The summed E-state index contributed by atoms with van der Waals surface area (Å²) in [6, 6.07) is 6.62. The highest BCUT2D eigenvalue weighted by molar-refractivity contribution is 5.94. The number of carbonyl (C=O) groups is 1. The van der Waals surface area contributed by atoms with Gasteiger partial charge in [-0.25, -0.2) is 9.82 Å². The predicted octanol–water partition coefficient (Wildman–Crippen LogP) is 2.89. The summed E-state index contributed by atoms with van der Waals surface area (Å²) in [6.07, 6.45) is 6.71. The lowest BCUT2D eigenvalue weighted by Gasteiger charge is -2.19. The van der Waals surface area contributed by atoms with E-state index in [9.17, 15) is 9.18 Å². The van der Waals surface area contributed by atoms with Crippen LogP contribution in [0.1, 0.15) is 34.3 Å². The van der Waals surface area contributed by atoms with Gasteiger partial charge in [-0.15, -0.1) is 0 Å². The van der Waals surface area contributed by atoms with Crippen molar-refractivity contribution in [2.75, 3.05) is 18.0 Å². The number of aryl methyl sites for hydroxylation is 1. The monoisotopic (exact) mass is 326 g/mol. The average molecular weight is 326 g/mol. The van der Waals surface area contributed by atoms with Crippen molar-refractivity contribution in [1.29, 1.82) is 0 Å². The van der Waals surface area contributed by atoms with Crippen LogP contribution in [0.2, 0.25) is 0 Å². The number of hydrazone groups is 1. The van der Waals surface area contributed by atoms with Crippen LogP contribution in [0.25, 0.3) is 0 Å². The molecular formula is C18H19FN4O. The lowest BCUT2D eigenvalue weighted by Crippen LogP contribution is -2.19. The molecule has 1 aromatic carbocycles. The zero-order chi connectivity index (χ0) is 16.9. The molecule has 124 valence electrons. The molecule has 24 heavy (non-hydrogen) atoms. The third kappa shape index (κ3) is 3.59. The van der Waals surface area contributed by atoms with Crippen molar-refractivity contribution >= 4 is 17.8 Å². The number of nitrogens with zero attached hydrogens (tertiary/aromatic N) is 3. The van der Waals surface area contributed by atoms with Gasteiger partial charge in [0.1, 0.15) is 5.82 Å². The second-order valence-electron chi connectivity index (χ2n) is 5.80. The molecule has 0 radical (unpaired) electrons. The Morgan fingerprint density at radius 2 is 2.17 bits per heavy atom. The normalized spacial score (nSPS) is 14.3. The highest BCUT2D eigenvalue weighted by Crippen LogP contribution is 2.26. The van der Waals surface area contributed by atoms with E-state index >= 15 is 0 Å². The van der Waals surface area contributed by atoms with Crippen molar-refractivity contribution in [3.05, 3.63) is 59.2 Å². The van der Waals surface area contributed by atoms with Crippen LogP contribution in [-0.2, 0) is 0 Å². The third-order valence-corrected chi connectivity index (χ3v) is 4.08. The Labute approximate surface area is 140 Å². The number of amides is 1. The van der Waals surface area contributed by atoms with Crippen molar-refractivity contribution in [3.63, 3.8) is 0 Å². The van der Waals surface area contributed by atoms with E-state index in [4.69, 9.17) is 0 Å². The molecule has 0 spiro atoms. The molecule has 0 bridgehead atoms. The van der Waals surface area contributed by atoms with Gasteiger partial charge in [-0.1, -0.05) is 0 Å². The van der Waals surface area contributed by atoms with Gasteiger partial charge in [0.05, 0.1) is 17.5 Å². The molecule has 3 rings (SSSR count). The molecule has 2 aromatic rings. The minimum Gasteiger partial charge on any atom is -0.369 e. The summed E-state index contributed by atoms with van der Waals surface area (Å²) in [7, 11) is 0. The minimum atomic E-state index is -0.355. The Morgan fingerprint density at radius 1 is 1.38 bits per heavy atom. The first-order chi connectivity index (χ1) is 11.6. The number of hydrogen-bond acceptors (Lipinski definition) is 4. The highest BCUT2D eigenvalue weighted by atomic mass is 19.1. The van der Waals surface area contributed by atoms with Gasteiger partial charge in [0.25, 0.3) is 5.91 Å². The van der Waals surface area contributed by atoms with Crippen molar-refractivity contribution in [1.82, 2.24) is 10.4 Å². The van der Waals surface area contributed by atoms with Crippen LogP contribution in [0.3, 0.4) is 0 Å². The van der Waals surface area contributed by atoms with Gasteiger partial charge in [0.2, 0.25) is 0 Å². The van der Waals surface area contributed by atoms with Crippen LogP contribution in [0.4, 0.5) is 10.1 Å². The molecule has 0 aliphatic carbocycles. The van der Waals surface area contributed by atoms with Crippen molar-refractivity contribution < 1.29 is 9.18 Å². The summed E-state index contributed by atoms with van der Waals surface area (Å²) >= 11 is 0. The molecule has 2 heterocycles. The van der Waals surface area contributed by atoms with E-state index in [-0.39, 0.29) is 11.7 Å². The van der Waals surface area contributed by atoms with Gasteiger partial charge in [0, 0.05) is 31.0 Å². The molecule has 1 aromatic heterocycles. The Kier molecular flexibility index (Phi) is 4.84. The Hall–Kier alpha value is -2.76. The first-order valence-electron chi connectivity index (χ1n) is 7.93. The molecule has 1 N–H and O–H groups in total. The lowest BCUT2D eigenvalue weighted by atomic mass is 10.1. The second kappa shape index (κ2) is 7.21. The number of carbonyl (C=O) groups excluding carboxylic acids is 1. The average Bonchev–Trinajstić information content (AvgIpc) is 3.12. The van der Waals surface area contributed by atoms with Crippen LogP contribution in [0.15, 0.2) is 41.8 Å². The van der Waals surface area contributed by atoms with Crippen molar-refractivity contribution in [2.45, 2.75) is 19.8 Å². The number of aromatic nitrogens is 1. The first-order valence-corrected chi connectivity index (χ1v) is 7.93. The zero-order valence-electron chi connectivity index (χ0n) is 13.5. The fourth-order valence-corrected chi connectivity index (χ4v) is 2.74. The van der Waals surface area contributed by atoms with E-state index in [2.05, 4.69) is 20.4 Å². The number of anilines is 1. The van der Waals surface area contributed by atoms with Gasteiger partial charge in [-0.2, -0.15) is 5.10 Å². The lowest BCUT2D eigenvalue weighted by molar-refractivity contribution is 0.0955. The van der Waals surface area contributed by atoms with E-state index in [1.807, 2.05) is 13.0 Å². The quantitative estimate of drug-likeness (QED) is 0.694. The maximum Gasteiger partial charge on any atom is 0.272 e. The number of rotatable bonds is 4. The molecule has 5 nitrogen and oxygen atoms in total. The fraction of sp³-hybridized carbons (Fsp3) is 0.278. The van der Waals surface area contributed by atoms with E-state index in [1.54, 1.807) is 18.3 Å². The predicted molar refractivity (Wildman–Crippen MR) is 91.9 cm³/mol. The molecule has 1 fully saturated rings. The second-order valence-corrected chi connectivity index (χ2v) is 5.80. The largest absolute Gasteiger partial charge is 0.369 e. The summed E-state index contributed by atoms with van der Waals surface area (Å²) < 4.78 is 14.3. The Balaban J connectivity index is 1.71. The van der Waals surface area contributed by atoms with Crippen LogP contribution in [0, 0.1) is 12.7 Å². The Bertz CT molecular complexity index is 755. The summed E-state index contributed by atoms with van der Waals surface area (Å²) in [5.41, 5.74) is 5.04. The van der Waals surface area contributed by atoms with Crippen LogP contribution in [0.5, 0.6) is 0 Å². The number of nitrogens with one attached hydrogen (secondary N) is 1. The van der Waals surface area contributed by atoms with Gasteiger partial charge < -0.3 is 4.90 Å². The van der Waals surface area contributed by atoms with Crippen LogP contribution >= 0.6 is 0 Å². The molecular weight excluding hydrogens is 307 g/mol. The fourth-order valence-electron chi connectivity index (χ4n) is 2.74. The minimum absolute atomic E-state index is 0.262. The summed E-state index contributed by atoms with van der Waals surface area (Å²) in [6.45, 7) is 3.69. The van der Waals surface area contributed by atoms with E-state index < -0.39 is 0 Å². The van der Waals surface area contributed by atoms with Crippen molar-refractivity contribution in [2.24, 2.45) is 5.10 Å². The van der Waals surface area contributed by atoms with Gasteiger partial charge in [0.15, 0.2) is 0 Å². The van der Waals surface area contributed by atoms with Gasteiger partial charge in [-0.05, 0) is 49.6 Å². The summed E-state index contributed by atoms with van der Waals surface area (Å²) in [5.74, 6) is -0.617. The third-order valence-electron chi connectivity index (χ3n) is 4.08. The summed E-state index contributed by atoms with van der Waals surface area (Å²) in [4.78, 5) is 17.8. The SMILES string of the molecule is Cc1cc(N2CCCC2)c(F)cc1/C=N\NC(=O)c1cccnc1. The van der Waals surface area contributed by atoms with Crippen molar-refractivity contribution in [3.8, 4) is 0 Å². The molecule has 1 amide bonds. The van der Waals surface area contributed by atoms with Crippen LogP contribution < -0.4 is 10.3 Å². The molecule has 0 atom stereocenters. The maximum absolute atomic E-state index is 14.3. The number of halogens is 1. The highest BCUT2D eigenvalue weighted by Gasteiger charge is 2.17. The van der Waals surface area contributed by atoms with E-state index in [0.29, 0.717) is 16.8 Å². The number of benzene rings is 1. The number of hydrogen-bond donors (Lipinski definition) is 1. The maximum atomic E-state index is 14.3. The summed E-state index contributed by atoms with van der Waals surface area (Å²) in [5, 5.41) is 3.91. The molecule has 1 aliphatic heterocycles.